The molecule has 0 fully saturated rings. The molecule has 0 spiro atoms. The van der Waals surface area contributed by atoms with E-state index in [-0.39, 0.29) is 0 Å². The maximum atomic E-state index is 4.27. The molecule has 7 nitrogen and oxygen atoms in total. The average Bonchev–Trinajstić information content (AvgIpc) is 2.97. The molecule has 1 aromatic heterocycles. The smallest absolute Gasteiger partial charge is 0.191 e. The maximum absolute atomic E-state index is 4.27. The van der Waals surface area contributed by atoms with Gasteiger partial charge in [0.05, 0.1) is 6.54 Å². The van der Waals surface area contributed by atoms with Gasteiger partial charge >= 0.3 is 0 Å². The molecule has 0 radical (unpaired) electrons. The van der Waals surface area contributed by atoms with E-state index < -0.39 is 0 Å². The first-order chi connectivity index (χ1) is 12.5. The molecule has 0 aliphatic carbocycles. The Hall–Kier alpha value is -2.41. The Morgan fingerprint density at radius 3 is 2.58 bits per heavy atom. The van der Waals surface area contributed by atoms with Gasteiger partial charge < -0.3 is 15.2 Å². The Kier molecular flexibility index (Phi) is 7.59. The Morgan fingerprint density at radius 1 is 1.23 bits per heavy atom. The Bertz CT molecular complexity index is 693. The van der Waals surface area contributed by atoms with Crippen molar-refractivity contribution in [1.82, 2.24) is 30.3 Å². The first-order valence-corrected chi connectivity index (χ1v) is 9.04. The van der Waals surface area contributed by atoms with Crippen LogP contribution in [-0.2, 0) is 20.1 Å². The van der Waals surface area contributed by atoms with E-state index in [0.29, 0.717) is 12.6 Å². The summed E-state index contributed by atoms with van der Waals surface area (Å²) in [5, 5.41) is 14.9. The number of nitrogens with one attached hydrogen (secondary N) is 2. The van der Waals surface area contributed by atoms with E-state index in [0.717, 1.165) is 37.1 Å². The second-order valence-electron chi connectivity index (χ2n) is 6.61. The van der Waals surface area contributed by atoms with Crippen LogP contribution in [0.25, 0.3) is 0 Å². The first-order valence-electron chi connectivity index (χ1n) is 9.04. The lowest BCUT2D eigenvalue weighted by Crippen LogP contribution is -2.40. The lowest BCUT2D eigenvalue weighted by Gasteiger charge is -2.25. The number of benzene rings is 1. The minimum absolute atomic E-state index is 0.474. The number of rotatable bonds is 8. The molecule has 1 atom stereocenters. The summed E-state index contributed by atoms with van der Waals surface area (Å²) in [6, 6.07) is 11.0. The lowest BCUT2D eigenvalue weighted by molar-refractivity contribution is 0.238. The number of aryl methyl sites for hydroxylation is 1. The Balaban J connectivity index is 1.71. The molecule has 0 aliphatic rings. The molecular formula is C19H31N7. The zero-order valence-electron chi connectivity index (χ0n) is 16.5. The fourth-order valence-electron chi connectivity index (χ4n) is 2.64. The topological polar surface area (TPSA) is 70.4 Å². The predicted octanol–water partition coefficient (Wildman–Crippen LogP) is 1.70. The molecule has 0 saturated carbocycles. The number of aliphatic imine (C=N–C) groups is 1. The number of guanidine groups is 1. The van der Waals surface area contributed by atoms with E-state index >= 15 is 0 Å². The largest absolute Gasteiger partial charge is 0.356 e. The van der Waals surface area contributed by atoms with E-state index in [4.69, 9.17) is 0 Å². The van der Waals surface area contributed by atoms with Crippen molar-refractivity contribution in [2.45, 2.75) is 39.4 Å². The quantitative estimate of drug-likeness (QED) is 0.556. The Morgan fingerprint density at radius 2 is 1.96 bits per heavy atom. The first kappa shape index (κ1) is 19.9. The van der Waals surface area contributed by atoms with Crippen LogP contribution in [0.5, 0.6) is 0 Å². The van der Waals surface area contributed by atoms with Gasteiger partial charge in [-0.15, -0.1) is 10.2 Å². The molecule has 7 heteroatoms. The van der Waals surface area contributed by atoms with Crippen LogP contribution in [0.1, 0.15) is 30.6 Å². The summed E-state index contributed by atoms with van der Waals surface area (Å²) in [5.41, 5.74) is 1.34. The van der Waals surface area contributed by atoms with Crippen molar-refractivity contribution < 1.29 is 0 Å². The molecule has 26 heavy (non-hydrogen) atoms. The summed E-state index contributed by atoms with van der Waals surface area (Å²) in [6.07, 6.45) is 1.03. The van der Waals surface area contributed by atoms with E-state index in [1.54, 1.807) is 7.05 Å². The van der Waals surface area contributed by atoms with Gasteiger partial charge in [-0.1, -0.05) is 30.3 Å². The Labute approximate surface area is 156 Å². The molecule has 142 valence electrons. The van der Waals surface area contributed by atoms with Gasteiger partial charge in [-0.3, -0.25) is 9.89 Å². The van der Waals surface area contributed by atoms with Gasteiger partial charge in [0.2, 0.25) is 0 Å². The number of hydrogen-bond donors (Lipinski definition) is 2. The third kappa shape index (κ3) is 5.84. The highest BCUT2D eigenvalue weighted by Gasteiger charge is 2.10. The molecule has 1 heterocycles. The van der Waals surface area contributed by atoms with Gasteiger partial charge in [0.15, 0.2) is 11.8 Å². The highest BCUT2D eigenvalue weighted by Crippen LogP contribution is 2.07. The van der Waals surface area contributed by atoms with Gasteiger partial charge in [0, 0.05) is 33.2 Å². The summed E-state index contributed by atoms with van der Waals surface area (Å²) in [6.45, 7) is 6.61. The van der Waals surface area contributed by atoms with Gasteiger partial charge in [-0.2, -0.15) is 0 Å². The van der Waals surface area contributed by atoms with Crippen molar-refractivity contribution in [3.63, 3.8) is 0 Å². The van der Waals surface area contributed by atoms with Crippen LogP contribution in [0.15, 0.2) is 35.3 Å². The molecule has 1 aromatic carbocycles. The van der Waals surface area contributed by atoms with Crippen molar-refractivity contribution in [2.24, 2.45) is 12.0 Å². The molecule has 2 rings (SSSR count). The second-order valence-corrected chi connectivity index (χ2v) is 6.61. The summed E-state index contributed by atoms with van der Waals surface area (Å²) in [7, 11) is 5.91. The maximum Gasteiger partial charge on any atom is 0.191 e. The summed E-state index contributed by atoms with van der Waals surface area (Å²) in [4.78, 5) is 6.64. The summed E-state index contributed by atoms with van der Waals surface area (Å²) >= 11 is 0. The second kappa shape index (κ2) is 9.91. The standard InChI is InChI=1S/C19H31N7/c1-15(25(4)14-17-9-7-6-8-10-17)11-12-21-19(20-3)22-13-18-24-23-16(2)26(18)5/h6-10,15H,11-14H2,1-5H3,(H2,20,21,22). The highest BCUT2D eigenvalue weighted by molar-refractivity contribution is 5.79. The van der Waals surface area contributed by atoms with Crippen LogP contribution >= 0.6 is 0 Å². The highest BCUT2D eigenvalue weighted by atomic mass is 15.3. The van der Waals surface area contributed by atoms with Crippen molar-refractivity contribution in [3.05, 3.63) is 47.5 Å². The zero-order valence-corrected chi connectivity index (χ0v) is 16.5. The van der Waals surface area contributed by atoms with E-state index in [1.807, 2.05) is 18.5 Å². The normalized spacial score (nSPS) is 13.1. The van der Waals surface area contributed by atoms with Crippen LogP contribution in [0.3, 0.4) is 0 Å². The molecule has 2 N–H and O–H groups in total. The van der Waals surface area contributed by atoms with Gasteiger partial charge in [-0.25, -0.2) is 0 Å². The minimum atomic E-state index is 0.474. The lowest BCUT2D eigenvalue weighted by atomic mass is 10.1. The monoisotopic (exact) mass is 357 g/mol. The molecule has 1 unspecified atom stereocenters. The fourth-order valence-corrected chi connectivity index (χ4v) is 2.64. The predicted molar refractivity (Wildman–Crippen MR) is 106 cm³/mol. The van der Waals surface area contributed by atoms with E-state index in [1.165, 1.54) is 5.56 Å². The molecule has 0 bridgehead atoms. The molecule has 2 aromatic rings. The summed E-state index contributed by atoms with van der Waals surface area (Å²) in [5.74, 6) is 2.57. The van der Waals surface area contributed by atoms with E-state index in [9.17, 15) is 0 Å². The third-order valence-corrected chi connectivity index (χ3v) is 4.70. The number of hydrogen-bond acceptors (Lipinski definition) is 4. The molecule has 0 saturated heterocycles. The number of nitrogens with zero attached hydrogens (tertiary/aromatic N) is 5. The van der Waals surface area contributed by atoms with Crippen LogP contribution < -0.4 is 10.6 Å². The SMILES string of the molecule is CN=C(NCCC(C)N(C)Cc1ccccc1)NCc1nnc(C)n1C. The summed E-state index contributed by atoms with van der Waals surface area (Å²) < 4.78 is 1.97. The minimum Gasteiger partial charge on any atom is -0.356 e. The van der Waals surface area contributed by atoms with Crippen molar-refractivity contribution in [3.8, 4) is 0 Å². The van der Waals surface area contributed by atoms with E-state index in [2.05, 4.69) is 75.0 Å². The molecule has 0 aliphatic heterocycles. The van der Waals surface area contributed by atoms with Crippen LogP contribution in [0.4, 0.5) is 0 Å². The van der Waals surface area contributed by atoms with Crippen LogP contribution in [0.2, 0.25) is 0 Å². The fraction of sp³-hybridized carbons (Fsp3) is 0.526. The number of aromatic nitrogens is 3. The van der Waals surface area contributed by atoms with Crippen LogP contribution in [0, 0.1) is 6.92 Å². The van der Waals surface area contributed by atoms with Crippen molar-refractivity contribution >= 4 is 5.96 Å². The van der Waals surface area contributed by atoms with Gasteiger partial charge in [-0.05, 0) is 32.9 Å². The van der Waals surface area contributed by atoms with Gasteiger partial charge in [0.25, 0.3) is 0 Å². The zero-order chi connectivity index (χ0) is 18.9. The molecule has 0 amide bonds. The average molecular weight is 358 g/mol. The molecular weight excluding hydrogens is 326 g/mol. The van der Waals surface area contributed by atoms with Crippen LogP contribution in [-0.4, -0.2) is 52.3 Å². The third-order valence-electron chi connectivity index (χ3n) is 4.70. The van der Waals surface area contributed by atoms with Gasteiger partial charge in [0.1, 0.15) is 5.82 Å². The van der Waals surface area contributed by atoms with Crippen molar-refractivity contribution in [2.75, 3.05) is 20.6 Å². The van der Waals surface area contributed by atoms with Crippen molar-refractivity contribution in [1.29, 1.82) is 0 Å².